The molecule has 2 rings (SSSR count). The highest BCUT2D eigenvalue weighted by molar-refractivity contribution is 6.62. The fourth-order valence-corrected chi connectivity index (χ4v) is 2.98. The van der Waals surface area contributed by atoms with Crippen LogP contribution in [0.15, 0.2) is 24.3 Å². The smallest absolute Gasteiger partial charge is 0.399 e. The molecule has 5 nitrogen and oxygen atoms in total. The fourth-order valence-electron chi connectivity index (χ4n) is 2.98. The fraction of sp³-hybridized carbons (Fsp3) is 0.650. The monoisotopic (exact) mass is 415 g/mol. The van der Waals surface area contributed by atoms with E-state index in [1.54, 1.807) is 24.3 Å². The van der Waals surface area contributed by atoms with Crippen LogP contribution in [0.1, 0.15) is 59.6 Å². The molecule has 1 fully saturated rings. The summed E-state index contributed by atoms with van der Waals surface area (Å²) < 4.78 is 55.9. The SMILES string of the molecule is CC(C)(NC(=O)C(F)F)OC(CCF)c1ccc(B2OC(C)(C)C(C)(C)O2)cc1. The lowest BCUT2D eigenvalue weighted by Gasteiger charge is -2.32. The topological polar surface area (TPSA) is 56.8 Å². The summed E-state index contributed by atoms with van der Waals surface area (Å²) in [6, 6.07) is 7.12. The van der Waals surface area contributed by atoms with Crippen LogP contribution in [-0.2, 0) is 18.8 Å². The zero-order chi connectivity index (χ0) is 22.0. The van der Waals surface area contributed by atoms with Crippen LogP contribution in [-0.4, -0.2) is 43.1 Å². The van der Waals surface area contributed by atoms with Crippen molar-refractivity contribution < 1.29 is 32.0 Å². The van der Waals surface area contributed by atoms with Crippen molar-refractivity contribution in [2.75, 3.05) is 6.67 Å². The van der Waals surface area contributed by atoms with E-state index in [4.69, 9.17) is 14.0 Å². The lowest BCUT2D eigenvalue weighted by Crippen LogP contribution is -2.48. The third kappa shape index (κ3) is 5.74. The highest BCUT2D eigenvalue weighted by atomic mass is 19.3. The van der Waals surface area contributed by atoms with Crippen molar-refractivity contribution in [1.82, 2.24) is 5.32 Å². The van der Waals surface area contributed by atoms with Gasteiger partial charge in [0.15, 0.2) is 0 Å². The zero-order valence-corrected chi connectivity index (χ0v) is 17.7. The van der Waals surface area contributed by atoms with Crippen molar-refractivity contribution in [1.29, 1.82) is 0 Å². The first kappa shape index (κ1) is 23.7. The highest BCUT2D eigenvalue weighted by Crippen LogP contribution is 2.36. The van der Waals surface area contributed by atoms with Crippen molar-refractivity contribution in [3.05, 3.63) is 29.8 Å². The molecule has 0 aromatic heterocycles. The molecule has 0 saturated carbocycles. The first-order valence-corrected chi connectivity index (χ1v) is 9.57. The van der Waals surface area contributed by atoms with Crippen molar-refractivity contribution in [3.8, 4) is 0 Å². The number of nitrogens with one attached hydrogen (secondary N) is 1. The molecule has 0 bridgehead atoms. The van der Waals surface area contributed by atoms with Gasteiger partial charge in [-0.3, -0.25) is 9.18 Å². The Labute approximate surface area is 170 Å². The van der Waals surface area contributed by atoms with Crippen LogP contribution in [0.4, 0.5) is 13.2 Å². The Morgan fingerprint density at radius 1 is 1.14 bits per heavy atom. The van der Waals surface area contributed by atoms with Gasteiger partial charge in [-0.25, -0.2) is 0 Å². The number of hydrogen-bond donors (Lipinski definition) is 1. The number of benzene rings is 1. The van der Waals surface area contributed by atoms with Gasteiger partial charge in [-0.15, -0.1) is 0 Å². The van der Waals surface area contributed by atoms with E-state index in [0.29, 0.717) is 5.56 Å². The zero-order valence-electron chi connectivity index (χ0n) is 17.7. The van der Waals surface area contributed by atoms with Gasteiger partial charge in [0.25, 0.3) is 5.91 Å². The van der Waals surface area contributed by atoms with Gasteiger partial charge in [0.05, 0.1) is 24.0 Å². The van der Waals surface area contributed by atoms with E-state index in [1.165, 1.54) is 13.8 Å². The number of alkyl halides is 3. The van der Waals surface area contributed by atoms with Crippen LogP contribution in [0.2, 0.25) is 0 Å². The molecule has 1 aromatic rings. The number of hydrogen-bond acceptors (Lipinski definition) is 4. The summed E-state index contributed by atoms with van der Waals surface area (Å²) in [5, 5.41) is 2.11. The molecule has 0 aliphatic carbocycles. The molecule has 1 unspecified atom stereocenters. The van der Waals surface area contributed by atoms with Gasteiger partial charge >= 0.3 is 13.5 Å². The maximum atomic E-state index is 13.1. The third-order valence-electron chi connectivity index (χ3n) is 5.26. The van der Waals surface area contributed by atoms with Gasteiger partial charge < -0.3 is 19.4 Å². The van der Waals surface area contributed by atoms with E-state index in [9.17, 15) is 18.0 Å². The molecule has 1 heterocycles. The van der Waals surface area contributed by atoms with E-state index < -0.39 is 49.2 Å². The van der Waals surface area contributed by atoms with Gasteiger partial charge in [-0.2, -0.15) is 8.78 Å². The summed E-state index contributed by atoms with van der Waals surface area (Å²) in [7, 11) is -0.531. The predicted molar refractivity (Wildman–Crippen MR) is 105 cm³/mol. The lowest BCUT2D eigenvalue weighted by molar-refractivity contribution is -0.148. The van der Waals surface area contributed by atoms with E-state index in [0.717, 1.165) is 5.46 Å². The molecule has 0 radical (unpaired) electrons. The lowest BCUT2D eigenvalue weighted by atomic mass is 9.78. The molecule has 29 heavy (non-hydrogen) atoms. The van der Waals surface area contributed by atoms with Crippen molar-refractivity contribution in [2.45, 2.75) is 77.4 Å². The maximum absolute atomic E-state index is 13.1. The Morgan fingerprint density at radius 3 is 2.10 bits per heavy atom. The number of carbonyl (C=O) groups is 1. The summed E-state index contributed by atoms with van der Waals surface area (Å²) in [6.07, 6.45) is -3.86. The van der Waals surface area contributed by atoms with Gasteiger partial charge in [0.2, 0.25) is 0 Å². The van der Waals surface area contributed by atoms with E-state index >= 15 is 0 Å². The van der Waals surface area contributed by atoms with Crippen molar-refractivity contribution in [2.24, 2.45) is 0 Å². The van der Waals surface area contributed by atoms with Crippen molar-refractivity contribution in [3.63, 3.8) is 0 Å². The van der Waals surface area contributed by atoms with E-state index in [1.807, 2.05) is 27.7 Å². The number of amides is 1. The summed E-state index contributed by atoms with van der Waals surface area (Å²) in [4.78, 5) is 11.3. The highest BCUT2D eigenvalue weighted by Gasteiger charge is 2.51. The molecule has 1 aliphatic heterocycles. The van der Waals surface area contributed by atoms with Crippen LogP contribution in [0, 0.1) is 0 Å². The van der Waals surface area contributed by atoms with Gasteiger partial charge in [0, 0.05) is 6.42 Å². The molecule has 162 valence electrons. The van der Waals surface area contributed by atoms with Gasteiger partial charge in [-0.05, 0) is 52.6 Å². The summed E-state index contributed by atoms with van der Waals surface area (Å²) >= 11 is 0. The quantitative estimate of drug-likeness (QED) is 0.522. The molecular weight excluding hydrogens is 386 g/mol. The Balaban J connectivity index is 2.13. The molecule has 1 N–H and O–H groups in total. The molecule has 1 aromatic carbocycles. The minimum atomic E-state index is -3.16. The van der Waals surface area contributed by atoms with Crippen molar-refractivity contribution >= 4 is 18.5 Å². The molecular formula is C20H29BF3NO4. The number of halogens is 3. The first-order valence-electron chi connectivity index (χ1n) is 9.57. The maximum Gasteiger partial charge on any atom is 0.494 e. The average molecular weight is 415 g/mol. The number of rotatable bonds is 8. The third-order valence-corrected chi connectivity index (χ3v) is 5.26. The second-order valence-electron chi connectivity index (χ2n) is 8.64. The van der Waals surface area contributed by atoms with Gasteiger partial charge in [0.1, 0.15) is 5.72 Å². The Kier molecular flexibility index (Phi) is 7.07. The van der Waals surface area contributed by atoms with Crippen LogP contribution >= 0.6 is 0 Å². The predicted octanol–water partition coefficient (Wildman–Crippen LogP) is 3.52. The standard InChI is InChI=1S/C20H29BF3NO4/c1-18(2)19(3,4)29-21(28-18)14-9-7-13(8-10-14)15(11-12-22)27-20(5,6)25-17(26)16(23)24/h7-10,15-16H,11-12H2,1-6H3,(H,25,26). The number of ether oxygens (including phenoxy) is 1. The van der Waals surface area contributed by atoms with Crippen LogP contribution < -0.4 is 10.8 Å². The molecule has 1 amide bonds. The average Bonchev–Trinajstić information content (AvgIpc) is 2.81. The largest absolute Gasteiger partial charge is 0.494 e. The van der Waals surface area contributed by atoms with Crippen LogP contribution in [0.5, 0.6) is 0 Å². The second kappa shape index (κ2) is 8.66. The Morgan fingerprint density at radius 2 is 1.66 bits per heavy atom. The Hall–Kier alpha value is -1.58. The van der Waals surface area contributed by atoms with Gasteiger partial charge in [-0.1, -0.05) is 24.3 Å². The van der Waals surface area contributed by atoms with Crippen LogP contribution in [0.25, 0.3) is 0 Å². The number of carbonyl (C=O) groups excluding carboxylic acids is 1. The summed E-state index contributed by atoms with van der Waals surface area (Å²) in [5.74, 6) is -1.44. The molecule has 1 aliphatic rings. The summed E-state index contributed by atoms with van der Waals surface area (Å²) in [5.41, 5.74) is -0.872. The molecule has 9 heteroatoms. The molecule has 0 spiro atoms. The van der Waals surface area contributed by atoms with Crippen LogP contribution in [0.3, 0.4) is 0 Å². The molecule has 1 atom stereocenters. The summed E-state index contributed by atoms with van der Waals surface area (Å²) in [6.45, 7) is 10.1. The first-order chi connectivity index (χ1) is 13.3. The Bertz CT molecular complexity index is 694. The second-order valence-corrected chi connectivity index (χ2v) is 8.64. The normalized spacial score (nSPS) is 19.4. The van der Waals surface area contributed by atoms with E-state index in [-0.39, 0.29) is 6.42 Å². The van der Waals surface area contributed by atoms with E-state index in [2.05, 4.69) is 5.32 Å². The minimum Gasteiger partial charge on any atom is -0.399 e. The minimum absolute atomic E-state index is 0.0177. The molecule has 1 saturated heterocycles.